The number of carbonyl (C=O) groups excluding carboxylic acids is 2. The minimum atomic E-state index is -4.26. The van der Waals surface area contributed by atoms with Gasteiger partial charge in [0.25, 0.3) is 0 Å². The minimum absolute atomic E-state index is 0.221. The predicted octanol–water partition coefficient (Wildman–Crippen LogP) is 14.1. The average molecular weight is 773 g/mol. The van der Waals surface area contributed by atoms with Gasteiger partial charge in [-0.05, 0) is 38.5 Å². The second kappa shape index (κ2) is 40.5. The summed E-state index contributed by atoms with van der Waals surface area (Å²) in [7, 11) is -3.19. The zero-order chi connectivity index (χ0) is 38.9. The van der Waals surface area contributed by atoms with Crippen LogP contribution in [0.2, 0.25) is 0 Å². The molecule has 2 atom stereocenters. The molecule has 0 aromatic heterocycles. The van der Waals surface area contributed by atoms with E-state index in [0.717, 1.165) is 52.1 Å². The van der Waals surface area contributed by atoms with Crippen molar-refractivity contribution in [3.63, 3.8) is 0 Å². The summed E-state index contributed by atoms with van der Waals surface area (Å²) in [5, 5.41) is 0. The highest BCUT2D eigenvalue weighted by Crippen LogP contribution is 2.42. The van der Waals surface area contributed by atoms with E-state index in [1.165, 1.54) is 154 Å². The van der Waals surface area contributed by atoms with E-state index in [1.54, 1.807) is 0 Å². The molecule has 0 amide bonds. The summed E-state index contributed by atoms with van der Waals surface area (Å²) < 4.78 is 32.0. The minimum Gasteiger partial charge on any atom is -0.462 e. The van der Waals surface area contributed by atoms with Crippen molar-refractivity contribution >= 4 is 19.8 Å². The van der Waals surface area contributed by atoms with E-state index < -0.39 is 26.5 Å². The molecule has 0 saturated heterocycles. The molecule has 0 aromatic rings. The van der Waals surface area contributed by atoms with Crippen LogP contribution in [0, 0.1) is 0 Å². The topological polar surface area (TPSA) is 108 Å². The molecule has 1 N–H and O–H groups in total. The zero-order valence-electron chi connectivity index (χ0n) is 34.9. The van der Waals surface area contributed by atoms with E-state index in [2.05, 4.69) is 30.5 Å². The number of ether oxygens (including phenoxy) is 2. The second-order valence-electron chi connectivity index (χ2n) is 15.2. The van der Waals surface area contributed by atoms with Gasteiger partial charge in [-0.25, -0.2) is 4.57 Å². The third kappa shape index (κ3) is 40.3. The Balaban J connectivity index is 3.95. The van der Waals surface area contributed by atoms with Crippen LogP contribution in [0.4, 0.5) is 0 Å². The third-order valence-electron chi connectivity index (χ3n) is 10.0. The van der Waals surface area contributed by atoms with Gasteiger partial charge in [-0.15, -0.1) is 0 Å². The van der Waals surface area contributed by atoms with Crippen molar-refractivity contribution in [3.05, 3.63) is 12.2 Å². The molecule has 53 heavy (non-hydrogen) atoms. The van der Waals surface area contributed by atoms with Gasteiger partial charge < -0.3 is 14.4 Å². The van der Waals surface area contributed by atoms with Crippen LogP contribution in [-0.4, -0.2) is 43.3 Å². The fourth-order valence-electron chi connectivity index (χ4n) is 6.54. The van der Waals surface area contributed by atoms with Crippen LogP contribution in [0.15, 0.2) is 12.2 Å². The first-order valence-electron chi connectivity index (χ1n) is 22.4. The Labute approximate surface area is 327 Å². The Kier molecular flexibility index (Phi) is 39.5. The smallest absolute Gasteiger partial charge is 0.462 e. The Hall–Kier alpha value is -1.21. The number of unbranched alkanes of at least 4 members (excludes halogenated alkanes) is 29. The lowest BCUT2D eigenvalue weighted by Crippen LogP contribution is -2.29. The summed E-state index contributed by atoms with van der Waals surface area (Å²) in [5.41, 5.74) is 0. The summed E-state index contributed by atoms with van der Waals surface area (Å²) in [6, 6.07) is 0. The number of carbonyl (C=O) groups is 2. The van der Waals surface area contributed by atoms with Crippen molar-refractivity contribution < 1.29 is 37.6 Å². The number of phosphoric ester groups is 1. The summed E-state index contributed by atoms with van der Waals surface area (Å²) in [6.07, 6.45) is 44.0. The highest BCUT2D eigenvalue weighted by Gasteiger charge is 2.24. The van der Waals surface area contributed by atoms with E-state index in [4.69, 9.17) is 14.0 Å². The molecule has 0 aliphatic heterocycles. The predicted molar refractivity (Wildman–Crippen MR) is 221 cm³/mol. The van der Waals surface area contributed by atoms with Gasteiger partial charge in [0.1, 0.15) is 6.61 Å². The van der Waals surface area contributed by atoms with Gasteiger partial charge in [0.2, 0.25) is 0 Å². The fourth-order valence-corrected chi connectivity index (χ4v) is 7.00. The van der Waals surface area contributed by atoms with E-state index in [9.17, 15) is 19.0 Å². The Morgan fingerprint density at radius 2 is 0.849 bits per heavy atom. The number of hydrogen-bond acceptors (Lipinski definition) is 7. The third-order valence-corrected chi connectivity index (χ3v) is 10.9. The SMILES string of the molecule is CCCCCCCCC/C=C\CCCCCCCCCC(=O)OC(COC(=O)CCCCCCCCCCCCCCCCCC)COP(=O)(O)OC. The first-order chi connectivity index (χ1) is 25.8. The van der Waals surface area contributed by atoms with Crippen LogP contribution >= 0.6 is 7.82 Å². The Morgan fingerprint density at radius 1 is 0.509 bits per heavy atom. The zero-order valence-corrected chi connectivity index (χ0v) is 35.8. The standard InChI is InChI=1S/C44H85O8P/c1-4-6-8-10-12-14-16-18-20-22-23-25-27-29-31-33-35-37-39-44(46)52-42(41-51-53(47,48)49-3)40-50-43(45)38-36-34-32-30-28-26-24-21-19-17-15-13-11-9-7-5-2/h20,22,42H,4-19,21,23-41H2,1-3H3,(H,47,48)/b22-20-. The number of allylic oxidation sites excluding steroid dienone is 2. The highest BCUT2D eigenvalue weighted by molar-refractivity contribution is 7.47. The van der Waals surface area contributed by atoms with Gasteiger partial charge in [-0.3, -0.25) is 18.6 Å². The largest absolute Gasteiger partial charge is 0.472 e. The van der Waals surface area contributed by atoms with Gasteiger partial charge >= 0.3 is 19.8 Å². The average Bonchev–Trinajstić information content (AvgIpc) is 3.15. The molecule has 8 nitrogen and oxygen atoms in total. The number of phosphoric acid groups is 1. The second-order valence-corrected chi connectivity index (χ2v) is 16.8. The molecule has 9 heteroatoms. The van der Waals surface area contributed by atoms with E-state index in [1.807, 2.05) is 0 Å². The Bertz CT molecular complexity index is 879. The van der Waals surface area contributed by atoms with Gasteiger partial charge in [-0.1, -0.05) is 193 Å². The lowest BCUT2D eigenvalue weighted by atomic mass is 10.0. The maximum Gasteiger partial charge on any atom is 0.472 e. The molecule has 0 radical (unpaired) electrons. The molecule has 314 valence electrons. The maximum atomic E-state index is 12.5. The van der Waals surface area contributed by atoms with Crippen molar-refractivity contribution in [3.8, 4) is 0 Å². The van der Waals surface area contributed by atoms with Crippen LogP contribution in [-0.2, 0) is 32.7 Å². The number of rotatable bonds is 42. The molecule has 2 unspecified atom stereocenters. The molecule has 0 bridgehead atoms. The van der Waals surface area contributed by atoms with Crippen LogP contribution in [0.5, 0.6) is 0 Å². The fraction of sp³-hybridized carbons (Fsp3) is 0.909. The van der Waals surface area contributed by atoms with Crippen molar-refractivity contribution in [1.82, 2.24) is 0 Å². The van der Waals surface area contributed by atoms with E-state index in [-0.39, 0.29) is 19.0 Å². The molecule has 0 aromatic carbocycles. The maximum absolute atomic E-state index is 12.5. The van der Waals surface area contributed by atoms with E-state index in [0.29, 0.717) is 12.8 Å². The molecular weight excluding hydrogens is 687 g/mol. The molecule has 0 saturated carbocycles. The monoisotopic (exact) mass is 773 g/mol. The summed E-state index contributed by atoms with van der Waals surface area (Å²) in [5.74, 6) is -0.796. The first-order valence-corrected chi connectivity index (χ1v) is 23.9. The lowest BCUT2D eigenvalue weighted by molar-refractivity contribution is -0.161. The highest BCUT2D eigenvalue weighted by atomic mass is 31.2. The van der Waals surface area contributed by atoms with Gasteiger partial charge in [0.15, 0.2) is 6.10 Å². The van der Waals surface area contributed by atoms with Crippen LogP contribution in [0.1, 0.15) is 232 Å². The first kappa shape index (κ1) is 51.8. The van der Waals surface area contributed by atoms with Crippen molar-refractivity contribution in [2.75, 3.05) is 20.3 Å². The quantitative estimate of drug-likeness (QED) is 0.0283. The molecular formula is C44H85O8P. The lowest BCUT2D eigenvalue weighted by Gasteiger charge is -2.19. The van der Waals surface area contributed by atoms with Crippen molar-refractivity contribution in [1.29, 1.82) is 0 Å². The van der Waals surface area contributed by atoms with Crippen molar-refractivity contribution in [2.24, 2.45) is 0 Å². The van der Waals surface area contributed by atoms with Crippen LogP contribution in [0.25, 0.3) is 0 Å². The number of esters is 2. The summed E-state index contributed by atoms with van der Waals surface area (Å²) in [4.78, 5) is 34.5. The summed E-state index contributed by atoms with van der Waals surface area (Å²) in [6.45, 7) is 3.91. The molecule has 0 spiro atoms. The summed E-state index contributed by atoms with van der Waals surface area (Å²) >= 11 is 0. The molecule has 0 fully saturated rings. The van der Waals surface area contributed by atoms with Gasteiger partial charge in [0, 0.05) is 20.0 Å². The van der Waals surface area contributed by atoms with Crippen LogP contribution < -0.4 is 0 Å². The van der Waals surface area contributed by atoms with Gasteiger partial charge in [-0.2, -0.15) is 0 Å². The van der Waals surface area contributed by atoms with E-state index >= 15 is 0 Å². The van der Waals surface area contributed by atoms with Crippen LogP contribution in [0.3, 0.4) is 0 Å². The van der Waals surface area contributed by atoms with Gasteiger partial charge in [0.05, 0.1) is 6.61 Å². The Morgan fingerprint density at radius 3 is 1.23 bits per heavy atom. The normalized spacial score (nSPS) is 13.4. The molecule has 0 rings (SSSR count). The molecule has 0 aliphatic carbocycles. The van der Waals surface area contributed by atoms with Crippen molar-refractivity contribution in [2.45, 2.75) is 238 Å². The number of hydrogen-bond donors (Lipinski definition) is 1. The molecule has 0 heterocycles. The molecule has 0 aliphatic rings.